The zero-order valence-corrected chi connectivity index (χ0v) is 9.08. The van der Waals surface area contributed by atoms with Crippen LogP contribution in [0, 0.1) is 16.7 Å². The first-order valence-corrected chi connectivity index (χ1v) is 5.80. The number of hydrogen-bond donors (Lipinski definition) is 0. The second kappa shape index (κ2) is 2.25. The summed E-state index contributed by atoms with van der Waals surface area (Å²) in [6.45, 7) is 4.94. The summed E-state index contributed by atoms with van der Waals surface area (Å²) >= 11 is 3.70. The number of hydrogen-bond acceptors (Lipinski definition) is 0. The van der Waals surface area contributed by atoms with Crippen molar-refractivity contribution in [2.45, 2.75) is 39.5 Å². The van der Waals surface area contributed by atoms with Crippen LogP contribution in [0.5, 0.6) is 0 Å². The van der Waals surface area contributed by atoms with Crippen LogP contribution in [0.3, 0.4) is 0 Å². The highest BCUT2D eigenvalue weighted by molar-refractivity contribution is 9.09. The predicted molar refractivity (Wildman–Crippen MR) is 52.0 cm³/mol. The zero-order valence-electron chi connectivity index (χ0n) is 7.49. The van der Waals surface area contributed by atoms with Gasteiger partial charge in [0.2, 0.25) is 0 Å². The molecule has 2 aliphatic rings. The molecule has 2 saturated carbocycles. The van der Waals surface area contributed by atoms with Crippen molar-refractivity contribution in [2.75, 3.05) is 5.33 Å². The van der Waals surface area contributed by atoms with E-state index in [0.29, 0.717) is 10.8 Å². The fourth-order valence-electron chi connectivity index (χ4n) is 3.28. The lowest BCUT2D eigenvalue weighted by atomic mass is 9.71. The van der Waals surface area contributed by atoms with Crippen molar-refractivity contribution < 1.29 is 0 Å². The number of rotatable bonds is 1. The van der Waals surface area contributed by atoms with Crippen LogP contribution < -0.4 is 0 Å². The Labute approximate surface area is 77.9 Å². The van der Waals surface area contributed by atoms with Gasteiger partial charge in [0.15, 0.2) is 0 Å². The Morgan fingerprint density at radius 2 is 1.82 bits per heavy atom. The summed E-state index contributed by atoms with van der Waals surface area (Å²) in [5, 5.41) is 1.23. The zero-order chi connectivity index (χ0) is 8.11. The molecule has 0 heterocycles. The molecule has 2 aliphatic carbocycles. The van der Waals surface area contributed by atoms with Crippen molar-refractivity contribution in [2.24, 2.45) is 16.7 Å². The maximum atomic E-state index is 3.70. The van der Waals surface area contributed by atoms with Crippen molar-refractivity contribution in [3.8, 4) is 0 Å². The standard InChI is InChI=1S/C10H17Br/c1-9(2)8-3-5-10(9,7-11)6-4-8/h8H,3-7H2,1-2H3. The SMILES string of the molecule is CC1(C)C2CCC1(CBr)CC2. The van der Waals surface area contributed by atoms with Crippen LogP contribution in [-0.2, 0) is 0 Å². The van der Waals surface area contributed by atoms with Gasteiger partial charge in [-0.15, -0.1) is 0 Å². The number of fused-ring (bicyclic) bond motifs is 2. The molecule has 1 heteroatoms. The maximum Gasteiger partial charge on any atom is 0.00931 e. The van der Waals surface area contributed by atoms with Gasteiger partial charge in [-0.05, 0) is 42.4 Å². The number of halogens is 1. The highest BCUT2D eigenvalue weighted by Crippen LogP contribution is 2.66. The first kappa shape index (κ1) is 8.10. The van der Waals surface area contributed by atoms with Crippen LogP contribution >= 0.6 is 15.9 Å². The molecule has 0 unspecified atom stereocenters. The van der Waals surface area contributed by atoms with E-state index in [-0.39, 0.29) is 0 Å². The summed E-state index contributed by atoms with van der Waals surface area (Å²) in [6.07, 6.45) is 5.91. The van der Waals surface area contributed by atoms with Crippen LogP contribution in [0.2, 0.25) is 0 Å². The first-order chi connectivity index (χ1) is 5.12. The summed E-state index contributed by atoms with van der Waals surface area (Å²) in [6, 6.07) is 0. The third kappa shape index (κ3) is 0.811. The van der Waals surface area contributed by atoms with E-state index in [1.54, 1.807) is 0 Å². The third-order valence-electron chi connectivity index (χ3n) is 4.59. The molecular weight excluding hydrogens is 200 g/mol. The minimum absolute atomic E-state index is 0.622. The van der Waals surface area contributed by atoms with E-state index in [1.807, 2.05) is 0 Å². The molecule has 64 valence electrons. The molecule has 0 aromatic heterocycles. The van der Waals surface area contributed by atoms with Gasteiger partial charge in [0, 0.05) is 5.33 Å². The molecule has 0 aliphatic heterocycles. The molecule has 0 saturated heterocycles. The summed E-state index contributed by atoms with van der Waals surface area (Å²) in [5.74, 6) is 1.03. The Morgan fingerprint density at radius 3 is 2.00 bits per heavy atom. The molecule has 0 nitrogen and oxygen atoms in total. The van der Waals surface area contributed by atoms with Gasteiger partial charge in [0.1, 0.15) is 0 Å². The van der Waals surface area contributed by atoms with E-state index in [9.17, 15) is 0 Å². The molecule has 2 bridgehead atoms. The van der Waals surface area contributed by atoms with Crippen molar-refractivity contribution in [3.05, 3.63) is 0 Å². The average molecular weight is 217 g/mol. The summed E-state index contributed by atoms with van der Waals surface area (Å²) < 4.78 is 0. The average Bonchev–Trinajstić information content (AvgIpc) is 2.39. The van der Waals surface area contributed by atoms with Crippen LogP contribution in [-0.4, -0.2) is 5.33 Å². The van der Waals surface area contributed by atoms with Crippen LogP contribution in [0.1, 0.15) is 39.5 Å². The Morgan fingerprint density at radius 1 is 1.27 bits per heavy atom. The predicted octanol–water partition coefficient (Wildman–Crippen LogP) is 3.60. The Hall–Kier alpha value is 0.480. The van der Waals surface area contributed by atoms with Gasteiger partial charge < -0.3 is 0 Å². The smallest absolute Gasteiger partial charge is 0.00931 e. The molecule has 0 aromatic carbocycles. The lowest BCUT2D eigenvalue weighted by molar-refractivity contribution is 0.159. The first-order valence-electron chi connectivity index (χ1n) is 4.68. The highest BCUT2D eigenvalue weighted by Gasteiger charge is 2.57. The van der Waals surface area contributed by atoms with E-state index in [2.05, 4.69) is 29.8 Å². The van der Waals surface area contributed by atoms with E-state index in [0.717, 1.165) is 5.92 Å². The van der Waals surface area contributed by atoms with Gasteiger partial charge in [0.05, 0.1) is 0 Å². The number of alkyl halides is 1. The van der Waals surface area contributed by atoms with Gasteiger partial charge >= 0.3 is 0 Å². The quantitative estimate of drug-likeness (QED) is 0.588. The van der Waals surface area contributed by atoms with E-state index >= 15 is 0 Å². The minimum atomic E-state index is 0.622. The van der Waals surface area contributed by atoms with Crippen LogP contribution in [0.15, 0.2) is 0 Å². The Balaban J connectivity index is 2.34. The lowest BCUT2D eigenvalue weighted by Gasteiger charge is -2.36. The van der Waals surface area contributed by atoms with Gasteiger partial charge in [-0.1, -0.05) is 29.8 Å². The highest BCUT2D eigenvalue weighted by atomic mass is 79.9. The molecule has 2 fully saturated rings. The maximum absolute atomic E-state index is 3.70. The van der Waals surface area contributed by atoms with Gasteiger partial charge in [0.25, 0.3) is 0 Å². The topological polar surface area (TPSA) is 0 Å². The fourth-order valence-corrected chi connectivity index (χ4v) is 4.56. The van der Waals surface area contributed by atoms with Crippen LogP contribution in [0.25, 0.3) is 0 Å². The van der Waals surface area contributed by atoms with Crippen LogP contribution in [0.4, 0.5) is 0 Å². The molecule has 2 rings (SSSR count). The second-order valence-corrected chi connectivity index (χ2v) is 5.47. The molecule has 0 radical (unpaired) electrons. The molecule has 0 spiro atoms. The van der Waals surface area contributed by atoms with Gasteiger partial charge in [-0.25, -0.2) is 0 Å². The molecule has 0 atom stereocenters. The summed E-state index contributed by atoms with van der Waals surface area (Å²) in [5.41, 5.74) is 1.29. The second-order valence-electron chi connectivity index (χ2n) is 4.91. The van der Waals surface area contributed by atoms with E-state index in [4.69, 9.17) is 0 Å². The van der Waals surface area contributed by atoms with Crippen molar-refractivity contribution >= 4 is 15.9 Å². The summed E-state index contributed by atoms with van der Waals surface area (Å²) in [7, 11) is 0. The minimum Gasteiger partial charge on any atom is -0.0922 e. The largest absolute Gasteiger partial charge is 0.0922 e. The molecular formula is C10H17Br. The monoisotopic (exact) mass is 216 g/mol. The molecule has 0 N–H and O–H groups in total. The summed E-state index contributed by atoms with van der Waals surface area (Å²) in [4.78, 5) is 0. The fraction of sp³-hybridized carbons (Fsp3) is 1.00. The Kier molecular flexibility index (Phi) is 1.65. The molecule has 11 heavy (non-hydrogen) atoms. The normalized spacial score (nSPS) is 46.6. The Bertz CT molecular complexity index is 164. The molecule has 0 amide bonds. The van der Waals surface area contributed by atoms with Crippen molar-refractivity contribution in [1.82, 2.24) is 0 Å². The third-order valence-corrected chi connectivity index (χ3v) is 5.66. The van der Waals surface area contributed by atoms with Crippen molar-refractivity contribution in [1.29, 1.82) is 0 Å². The van der Waals surface area contributed by atoms with Gasteiger partial charge in [-0.3, -0.25) is 0 Å². The van der Waals surface area contributed by atoms with Crippen molar-refractivity contribution in [3.63, 3.8) is 0 Å². The van der Waals surface area contributed by atoms with E-state index < -0.39 is 0 Å². The lowest BCUT2D eigenvalue weighted by Crippen LogP contribution is -2.31. The van der Waals surface area contributed by atoms with E-state index in [1.165, 1.54) is 31.0 Å². The molecule has 0 aromatic rings. The van der Waals surface area contributed by atoms with Gasteiger partial charge in [-0.2, -0.15) is 0 Å².